The van der Waals surface area contributed by atoms with E-state index in [0.29, 0.717) is 13.0 Å². The highest BCUT2D eigenvalue weighted by molar-refractivity contribution is 14.1. The third-order valence-corrected chi connectivity index (χ3v) is 4.83. The number of hydrogen-bond acceptors (Lipinski definition) is 4. The molecule has 0 bridgehead atoms. The Morgan fingerprint density at radius 1 is 1.22 bits per heavy atom. The van der Waals surface area contributed by atoms with Crippen LogP contribution in [-0.2, 0) is 22.6 Å². The fourth-order valence-corrected chi connectivity index (χ4v) is 3.48. The van der Waals surface area contributed by atoms with E-state index in [0.717, 1.165) is 14.8 Å². The van der Waals surface area contributed by atoms with E-state index in [1.807, 2.05) is 36.6 Å². The molecule has 3 N–H and O–H groups in total. The Morgan fingerprint density at radius 2 is 1.93 bits per heavy atom. The van der Waals surface area contributed by atoms with Gasteiger partial charge in [-0.2, -0.15) is 0 Å². The van der Waals surface area contributed by atoms with Gasteiger partial charge in [-0.05, 0) is 52.6 Å². The second-order valence-corrected chi connectivity index (χ2v) is 8.17. The molecule has 1 heterocycles. The number of aromatic nitrogens is 2. The average molecular weight is 485 g/mol. The average Bonchev–Trinajstić information content (AvgIpc) is 2.99. The molecule has 2 atom stereocenters. The van der Waals surface area contributed by atoms with Crippen molar-refractivity contribution in [3.63, 3.8) is 0 Å². The van der Waals surface area contributed by atoms with Crippen molar-refractivity contribution >= 4 is 34.5 Å². The third kappa shape index (κ3) is 6.62. The summed E-state index contributed by atoms with van der Waals surface area (Å²) in [5, 5.41) is 21.7. The van der Waals surface area contributed by atoms with Crippen molar-refractivity contribution in [3.05, 3.63) is 51.6 Å². The van der Waals surface area contributed by atoms with Gasteiger partial charge in [0.25, 0.3) is 0 Å². The van der Waals surface area contributed by atoms with E-state index in [1.165, 1.54) is 0 Å². The molecule has 2 rings (SSSR count). The van der Waals surface area contributed by atoms with Gasteiger partial charge in [0.05, 0.1) is 6.33 Å². The van der Waals surface area contributed by atoms with Crippen LogP contribution in [0.3, 0.4) is 0 Å². The van der Waals surface area contributed by atoms with Crippen molar-refractivity contribution in [1.29, 1.82) is 0 Å². The molecule has 0 amide bonds. The van der Waals surface area contributed by atoms with Crippen LogP contribution in [-0.4, -0.2) is 43.8 Å². The zero-order chi connectivity index (χ0) is 20.0. The van der Waals surface area contributed by atoms with Gasteiger partial charge < -0.3 is 14.8 Å². The van der Waals surface area contributed by atoms with E-state index in [4.69, 9.17) is 0 Å². The zero-order valence-electron chi connectivity index (χ0n) is 15.3. The standard InChI is InChI=1S/C19H24IN3O4/c1-12(2)6-16(18(24)25)22-17(19(26)27)8-15-9-21-11-23(15)10-13-4-3-5-14(20)7-13/h3-5,7,9,11-12,16-17,22H,6,8,10H2,1-2H3,(H,24,25)(H,26,27)/t16-,17-/m0/s1. The van der Waals surface area contributed by atoms with Gasteiger partial charge in [-0.1, -0.05) is 26.0 Å². The Kier molecular flexibility index (Phi) is 7.78. The molecule has 0 aliphatic rings. The number of rotatable bonds is 10. The van der Waals surface area contributed by atoms with Gasteiger partial charge >= 0.3 is 11.9 Å². The molecule has 8 heteroatoms. The molecule has 0 fully saturated rings. The molecule has 0 saturated carbocycles. The Balaban J connectivity index is 2.14. The maximum Gasteiger partial charge on any atom is 0.321 e. The minimum atomic E-state index is -1.08. The number of carboxylic acid groups (broad SMARTS) is 2. The zero-order valence-corrected chi connectivity index (χ0v) is 17.5. The summed E-state index contributed by atoms with van der Waals surface area (Å²) in [5.74, 6) is -1.98. The third-order valence-electron chi connectivity index (χ3n) is 4.16. The number of nitrogens with zero attached hydrogens (tertiary/aromatic N) is 2. The number of carboxylic acids is 2. The predicted octanol–water partition coefficient (Wildman–Crippen LogP) is 2.62. The molecular weight excluding hydrogens is 461 g/mol. The van der Waals surface area contributed by atoms with Crippen molar-refractivity contribution in [1.82, 2.24) is 14.9 Å². The highest BCUT2D eigenvalue weighted by Crippen LogP contribution is 2.13. The van der Waals surface area contributed by atoms with Gasteiger partial charge in [0, 0.05) is 28.4 Å². The smallest absolute Gasteiger partial charge is 0.321 e. The number of hydrogen-bond donors (Lipinski definition) is 3. The molecule has 0 radical (unpaired) electrons. The van der Waals surface area contributed by atoms with E-state index < -0.39 is 24.0 Å². The van der Waals surface area contributed by atoms with Crippen LogP contribution in [0.5, 0.6) is 0 Å². The summed E-state index contributed by atoms with van der Waals surface area (Å²) in [5.41, 5.74) is 1.83. The first-order valence-electron chi connectivity index (χ1n) is 8.71. The first-order chi connectivity index (χ1) is 12.8. The van der Waals surface area contributed by atoms with Gasteiger partial charge in [-0.3, -0.25) is 14.9 Å². The molecular formula is C19H24IN3O4. The summed E-state index contributed by atoms with van der Waals surface area (Å²) in [7, 11) is 0. The second-order valence-electron chi connectivity index (χ2n) is 6.92. The summed E-state index contributed by atoms with van der Waals surface area (Å²) in [4.78, 5) is 27.3. The number of nitrogens with one attached hydrogen (secondary N) is 1. The van der Waals surface area contributed by atoms with E-state index in [9.17, 15) is 19.8 Å². The fraction of sp³-hybridized carbons (Fsp3) is 0.421. The molecule has 0 aliphatic carbocycles. The largest absolute Gasteiger partial charge is 0.480 e. The SMILES string of the molecule is CC(C)C[C@H](N[C@@H](Cc1cncn1Cc1cccc(I)c1)C(=O)O)C(=O)O. The molecule has 2 aromatic rings. The van der Waals surface area contributed by atoms with Crippen LogP contribution in [0, 0.1) is 9.49 Å². The van der Waals surface area contributed by atoms with Gasteiger partial charge in [0.1, 0.15) is 12.1 Å². The number of benzene rings is 1. The second kappa shape index (κ2) is 9.84. The normalized spacial score (nSPS) is 13.5. The number of imidazole rings is 1. The molecule has 1 aromatic carbocycles. The van der Waals surface area contributed by atoms with Crippen molar-refractivity contribution in [3.8, 4) is 0 Å². The van der Waals surface area contributed by atoms with E-state index >= 15 is 0 Å². The maximum absolute atomic E-state index is 11.7. The number of halogens is 1. The Hall–Kier alpha value is -1.94. The topological polar surface area (TPSA) is 104 Å². The van der Waals surface area contributed by atoms with Crippen LogP contribution in [0.4, 0.5) is 0 Å². The summed E-state index contributed by atoms with van der Waals surface area (Å²) in [6.07, 6.45) is 3.81. The first kappa shape index (κ1) is 21.4. The van der Waals surface area contributed by atoms with Gasteiger partial charge in [-0.15, -0.1) is 0 Å². The first-order valence-corrected chi connectivity index (χ1v) is 9.79. The van der Waals surface area contributed by atoms with Crippen molar-refractivity contribution in [2.24, 2.45) is 5.92 Å². The summed E-state index contributed by atoms with van der Waals surface area (Å²) < 4.78 is 3.01. The lowest BCUT2D eigenvalue weighted by molar-refractivity contribution is -0.142. The van der Waals surface area contributed by atoms with Crippen LogP contribution in [0.2, 0.25) is 0 Å². The van der Waals surface area contributed by atoms with Crippen LogP contribution in [0.25, 0.3) is 0 Å². The molecule has 27 heavy (non-hydrogen) atoms. The van der Waals surface area contributed by atoms with Crippen LogP contribution >= 0.6 is 22.6 Å². The number of aliphatic carboxylic acids is 2. The minimum Gasteiger partial charge on any atom is -0.480 e. The van der Waals surface area contributed by atoms with Gasteiger partial charge in [-0.25, -0.2) is 4.98 Å². The Labute approximate surface area is 171 Å². The van der Waals surface area contributed by atoms with Crippen molar-refractivity contribution in [2.75, 3.05) is 0 Å². The lowest BCUT2D eigenvalue weighted by Gasteiger charge is -2.22. The summed E-state index contributed by atoms with van der Waals surface area (Å²) in [6.45, 7) is 4.39. The molecule has 7 nitrogen and oxygen atoms in total. The van der Waals surface area contributed by atoms with E-state index in [-0.39, 0.29) is 12.3 Å². The lowest BCUT2D eigenvalue weighted by Crippen LogP contribution is -2.49. The van der Waals surface area contributed by atoms with Crippen LogP contribution < -0.4 is 5.32 Å². The van der Waals surface area contributed by atoms with Gasteiger partial charge in [0.15, 0.2) is 0 Å². The fourth-order valence-electron chi connectivity index (χ4n) is 2.87. The molecule has 146 valence electrons. The highest BCUT2D eigenvalue weighted by atomic mass is 127. The van der Waals surface area contributed by atoms with Crippen molar-refractivity contribution in [2.45, 2.75) is 45.3 Å². The van der Waals surface area contributed by atoms with E-state index in [1.54, 1.807) is 12.5 Å². The summed E-state index contributed by atoms with van der Waals surface area (Å²) >= 11 is 2.24. The van der Waals surface area contributed by atoms with E-state index in [2.05, 4.69) is 39.0 Å². The number of carbonyl (C=O) groups is 2. The maximum atomic E-state index is 11.7. The molecule has 0 saturated heterocycles. The molecule has 0 spiro atoms. The van der Waals surface area contributed by atoms with Gasteiger partial charge in [0.2, 0.25) is 0 Å². The monoisotopic (exact) mass is 485 g/mol. The summed E-state index contributed by atoms with van der Waals surface area (Å²) in [6, 6.07) is 6.12. The molecule has 0 unspecified atom stereocenters. The molecule has 0 aliphatic heterocycles. The van der Waals surface area contributed by atoms with Crippen LogP contribution in [0.1, 0.15) is 31.5 Å². The molecule has 1 aromatic heterocycles. The quantitative estimate of drug-likeness (QED) is 0.447. The van der Waals surface area contributed by atoms with Crippen molar-refractivity contribution < 1.29 is 19.8 Å². The lowest BCUT2D eigenvalue weighted by atomic mass is 10.0. The Morgan fingerprint density at radius 3 is 2.52 bits per heavy atom. The minimum absolute atomic E-state index is 0.138. The van der Waals surface area contributed by atoms with Crippen LogP contribution in [0.15, 0.2) is 36.8 Å². The Bertz CT molecular complexity index is 791. The predicted molar refractivity (Wildman–Crippen MR) is 110 cm³/mol. The highest BCUT2D eigenvalue weighted by Gasteiger charge is 2.27.